The Morgan fingerprint density at radius 3 is 2.55 bits per heavy atom. The highest BCUT2D eigenvalue weighted by Gasteiger charge is 2.45. The minimum Gasteiger partial charge on any atom is -0.466 e. The maximum absolute atomic E-state index is 12.9. The van der Waals surface area contributed by atoms with E-state index in [0.717, 1.165) is 5.56 Å². The molecule has 2 aromatic rings. The summed E-state index contributed by atoms with van der Waals surface area (Å²) in [5.74, 6) is -1.49. The fourth-order valence-electron chi connectivity index (χ4n) is 3.87. The number of Topliss-reactive ketones (excluding diaryl/α,β-unsaturated/α-hetero) is 1. The molecule has 0 aliphatic carbocycles. The van der Waals surface area contributed by atoms with Gasteiger partial charge < -0.3 is 9.64 Å². The molecule has 3 rings (SSSR count). The highest BCUT2D eigenvalue weighted by Crippen LogP contribution is 2.36. The highest BCUT2D eigenvalue weighted by molar-refractivity contribution is 6.42. The number of hydrogen-bond donors (Lipinski definition) is 0. The third-order valence-electron chi connectivity index (χ3n) is 5.23. The van der Waals surface area contributed by atoms with Gasteiger partial charge in [-0.1, -0.05) is 54.1 Å². The van der Waals surface area contributed by atoms with Crippen LogP contribution in [0.4, 0.5) is 0 Å². The SMILES string of the molecule is CCOC(=O)C1(Cc2cccc(Cl)c2)CCCN(C(=O)C(=O)c2ccccc2)C1. The Morgan fingerprint density at radius 2 is 1.86 bits per heavy atom. The number of piperidine rings is 1. The topological polar surface area (TPSA) is 63.7 Å². The van der Waals surface area contributed by atoms with Crippen molar-refractivity contribution >= 4 is 29.3 Å². The lowest BCUT2D eigenvalue weighted by Gasteiger charge is -2.40. The number of esters is 1. The number of halogens is 1. The van der Waals surface area contributed by atoms with Crippen LogP contribution in [0.15, 0.2) is 54.6 Å². The van der Waals surface area contributed by atoms with E-state index in [9.17, 15) is 14.4 Å². The first-order valence-corrected chi connectivity index (χ1v) is 10.1. The molecule has 0 radical (unpaired) electrons. The van der Waals surface area contributed by atoms with Crippen molar-refractivity contribution in [2.24, 2.45) is 5.41 Å². The summed E-state index contributed by atoms with van der Waals surface area (Å²) >= 11 is 6.11. The third kappa shape index (κ3) is 4.85. The average molecular weight is 414 g/mol. The Hall–Kier alpha value is -2.66. The molecule has 1 aliphatic rings. The van der Waals surface area contributed by atoms with Gasteiger partial charge in [-0.25, -0.2) is 0 Å². The van der Waals surface area contributed by atoms with E-state index >= 15 is 0 Å². The summed E-state index contributed by atoms with van der Waals surface area (Å²) in [7, 11) is 0. The number of rotatable bonds is 6. The van der Waals surface area contributed by atoms with Gasteiger partial charge in [0.2, 0.25) is 5.78 Å². The zero-order valence-corrected chi connectivity index (χ0v) is 17.2. The first kappa shape index (κ1) is 21.1. The zero-order chi connectivity index (χ0) is 20.9. The molecule has 1 atom stereocenters. The van der Waals surface area contributed by atoms with Gasteiger partial charge in [0.15, 0.2) is 0 Å². The second-order valence-electron chi connectivity index (χ2n) is 7.33. The average Bonchev–Trinajstić information content (AvgIpc) is 2.73. The van der Waals surface area contributed by atoms with Gasteiger partial charge in [0.1, 0.15) is 0 Å². The van der Waals surface area contributed by atoms with Gasteiger partial charge in [-0.3, -0.25) is 14.4 Å². The minimum atomic E-state index is -0.897. The predicted molar refractivity (Wildman–Crippen MR) is 111 cm³/mol. The van der Waals surface area contributed by atoms with Crippen molar-refractivity contribution in [1.29, 1.82) is 0 Å². The lowest BCUT2D eigenvalue weighted by molar-refractivity contribution is -0.160. The largest absolute Gasteiger partial charge is 0.466 e. The predicted octanol–water partition coefficient (Wildman–Crippen LogP) is 3.94. The van der Waals surface area contributed by atoms with E-state index in [-0.39, 0.29) is 19.1 Å². The lowest BCUT2D eigenvalue weighted by Crippen LogP contribution is -2.53. The first-order chi connectivity index (χ1) is 13.9. The van der Waals surface area contributed by atoms with E-state index in [1.165, 1.54) is 4.90 Å². The summed E-state index contributed by atoms with van der Waals surface area (Å²) in [6.45, 7) is 2.60. The number of carbonyl (C=O) groups excluding carboxylic acids is 3. The molecular weight excluding hydrogens is 390 g/mol. The number of amides is 1. The molecule has 1 fully saturated rings. The highest BCUT2D eigenvalue weighted by atomic mass is 35.5. The summed E-state index contributed by atoms with van der Waals surface area (Å²) in [5, 5.41) is 0.588. The fourth-order valence-corrected chi connectivity index (χ4v) is 4.08. The van der Waals surface area contributed by atoms with E-state index in [0.29, 0.717) is 36.4 Å². The van der Waals surface area contributed by atoms with E-state index in [4.69, 9.17) is 16.3 Å². The molecule has 1 heterocycles. The Kier molecular flexibility index (Phi) is 6.70. The molecule has 0 N–H and O–H groups in total. The summed E-state index contributed by atoms with van der Waals surface area (Å²) < 4.78 is 5.37. The molecule has 0 bridgehead atoms. The minimum absolute atomic E-state index is 0.149. The number of benzene rings is 2. The van der Waals surface area contributed by atoms with Crippen molar-refractivity contribution in [1.82, 2.24) is 4.90 Å². The van der Waals surface area contributed by atoms with Gasteiger partial charge >= 0.3 is 5.97 Å². The van der Waals surface area contributed by atoms with Crippen molar-refractivity contribution in [3.8, 4) is 0 Å². The monoisotopic (exact) mass is 413 g/mol. The van der Waals surface area contributed by atoms with Crippen LogP contribution in [0.3, 0.4) is 0 Å². The third-order valence-corrected chi connectivity index (χ3v) is 5.47. The van der Waals surface area contributed by atoms with E-state index in [1.54, 1.807) is 43.3 Å². The molecule has 6 heteroatoms. The molecule has 0 saturated carbocycles. The summed E-state index contributed by atoms with van der Waals surface area (Å²) in [4.78, 5) is 39.9. The second-order valence-corrected chi connectivity index (χ2v) is 7.77. The van der Waals surface area contributed by atoms with Gasteiger partial charge in [0, 0.05) is 23.7 Å². The summed E-state index contributed by atoms with van der Waals surface area (Å²) in [5.41, 5.74) is 0.347. The van der Waals surface area contributed by atoms with Crippen LogP contribution in [0.1, 0.15) is 35.7 Å². The lowest BCUT2D eigenvalue weighted by atomic mass is 9.75. The summed E-state index contributed by atoms with van der Waals surface area (Å²) in [6.07, 6.45) is 1.60. The van der Waals surface area contributed by atoms with E-state index in [2.05, 4.69) is 0 Å². The maximum Gasteiger partial charge on any atom is 0.314 e. The van der Waals surface area contributed by atoms with Gasteiger partial charge in [-0.2, -0.15) is 0 Å². The van der Waals surface area contributed by atoms with Crippen LogP contribution in [-0.4, -0.2) is 42.3 Å². The molecule has 2 aromatic carbocycles. The fraction of sp³-hybridized carbons (Fsp3) is 0.348. The van der Waals surface area contributed by atoms with Crippen molar-refractivity contribution in [2.45, 2.75) is 26.2 Å². The van der Waals surface area contributed by atoms with Crippen LogP contribution < -0.4 is 0 Å². The second kappa shape index (κ2) is 9.23. The van der Waals surface area contributed by atoms with Crippen molar-refractivity contribution < 1.29 is 19.1 Å². The van der Waals surface area contributed by atoms with Gasteiger partial charge in [0.25, 0.3) is 5.91 Å². The summed E-state index contributed by atoms with van der Waals surface area (Å²) in [6, 6.07) is 15.8. The van der Waals surface area contributed by atoms with Crippen molar-refractivity contribution in [3.63, 3.8) is 0 Å². The van der Waals surface area contributed by atoms with Crippen LogP contribution >= 0.6 is 11.6 Å². The zero-order valence-electron chi connectivity index (χ0n) is 16.4. The standard InChI is InChI=1S/C23H24ClNO4/c1-2-29-22(28)23(15-17-8-6-11-19(24)14-17)12-7-13-25(16-23)21(27)20(26)18-9-4-3-5-10-18/h3-6,8-11,14H,2,7,12-13,15-16H2,1H3. The molecule has 0 aromatic heterocycles. The number of nitrogens with zero attached hydrogens (tertiary/aromatic N) is 1. The molecule has 1 amide bonds. The van der Waals surface area contributed by atoms with Crippen LogP contribution in [-0.2, 0) is 20.7 Å². The van der Waals surface area contributed by atoms with Crippen LogP contribution in [0.5, 0.6) is 0 Å². The number of likely N-dealkylation sites (tertiary alicyclic amines) is 1. The van der Waals surface area contributed by atoms with Crippen molar-refractivity contribution in [3.05, 3.63) is 70.7 Å². The Bertz CT molecular complexity index is 899. The quantitative estimate of drug-likeness (QED) is 0.409. The molecule has 0 spiro atoms. The molecule has 1 unspecified atom stereocenters. The first-order valence-electron chi connectivity index (χ1n) is 9.75. The molecular formula is C23H24ClNO4. The Balaban J connectivity index is 1.86. The van der Waals surface area contributed by atoms with Crippen LogP contribution in [0.25, 0.3) is 0 Å². The Morgan fingerprint density at radius 1 is 1.10 bits per heavy atom. The smallest absolute Gasteiger partial charge is 0.314 e. The van der Waals surface area contributed by atoms with Gasteiger partial charge in [-0.15, -0.1) is 0 Å². The van der Waals surface area contributed by atoms with E-state index in [1.807, 2.05) is 18.2 Å². The van der Waals surface area contributed by atoms with Crippen LogP contribution in [0.2, 0.25) is 5.02 Å². The molecule has 1 saturated heterocycles. The maximum atomic E-state index is 12.9. The molecule has 1 aliphatic heterocycles. The van der Waals surface area contributed by atoms with Gasteiger partial charge in [0.05, 0.1) is 12.0 Å². The van der Waals surface area contributed by atoms with E-state index < -0.39 is 17.1 Å². The van der Waals surface area contributed by atoms with Gasteiger partial charge in [-0.05, 0) is 43.9 Å². The molecule has 152 valence electrons. The normalized spacial score (nSPS) is 18.9. The molecule has 5 nitrogen and oxygen atoms in total. The number of hydrogen-bond acceptors (Lipinski definition) is 4. The van der Waals surface area contributed by atoms with Crippen molar-refractivity contribution in [2.75, 3.05) is 19.7 Å². The Labute approximate surface area is 175 Å². The van der Waals surface area contributed by atoms with Crippen LogP contribution in [0, 0.1) is 5.41 Å². The number of ether oxygens (including phenoxy) is 1. The molecule has 29 heavy (non-hydrogen) atoms. The number of carbonyl (C=O) groups is 3. The number of ketones is 1.